The largest absolute Gasteiger partial charge is 0.489 e. The number of hydrogen-bond donors (Lipinski definition) is 1. The quantitative estimate of drug-likeness (QED) is 0.649. The van der Waals surface area contributed by atoms with Crippen LogP contribution in [0.15, 0.2) is 58.5 Å². The molecule has 2 aromatic heterocycles. The first kappa shape index (κ1) is 16.7. The molecule has 0 spiro atoms. The molecule has 0 aliphatic heterocycles. The third-order valence-corrected chi connectivity index (χ3v) is 4.69. The van der Waals surface area contributed by atoms with Crippen LogP contribution in [0.4, 0.5) is 5.82 Å². The van der Waals surface area contributed by atoms with E-state index in [-0.39, 0.29) is 5.91 Å². The van der Waals surface area contributed by atoms with E-state index >= 15 is 0 Å². The number of nitrogens with zero attached hydrogens (tertiary/aromatic N) is 1. The summed E-state index contributed by atoms with van der Waals surface area (Å²) in [6.07, 6.45) is 1.64. The number of aromatic nitrogens is 1. The van der Waals surface area contributed by atoms with Crippen LogP contribution in [0.1, 0.15) is 20.8 Å². The predicted octanol–water partition coefficient (Wildman–Crippen LogP) is 5.05. The van der Waals surface area contributed by atoms with Gasteiger partial charge in [-0.3, -0.25) is 4.79 Å². The van der Waals surface area contributed by atoms with Crippen molar-refractivity contribution in [3.8, 4) is 5.75 Å². The molecule has 1 N–H and O–H groups in total. The minimum absolute atomic E-state index is 0.170. The Morgan fingerprint density at radius 1 is 1.29 bits per heavy atom. The molecule has 0 bridgehead atoms. The summed E-state index contributed by atoms with van der Waals surface area (Å²) in [7, 11) is 0. The number of amides is 1. The molecule has 3 aromatic rings. The van der Waals surface area contributed by atoms with Crippen molar-refractivity contribution in [2.45, 2.75) is 13.5 Å². The number of pyridine rings is 1. The van der Waals surface area contributed by atoms with E-state index in [4.69, 9.17) is 4.74 Å². The van der Waals surface area contributed by atoms with Gasteiger partial charge in [0.15, 0.2) is 0 Å². The standard InChI is InChI=1S/C18H15BrN2O2S/c1-12-3-2-4-15(7-12)23-10-13-8-16(24-11-13)18(22)21-17-6-5-14(19)9-20-17/h2-9,11H,10H2,1H3,(H,20,21,22). The van der Waals surface area contributed by atoms with Crippen LogP contribution < -0.4 is 10.1 Å². The van der Waals surface area contributed by atoms with E-state index in [1.165, 1.54) is 11.3 Å². The molecular weight excluding hydrogens is 388 g/mol. The number of hydrogen-bond acceptors (Lipinski definition) is 4. The van der Waals surface area contributed by atoms with Crippen LogP contribution in [-0.2, 0) is 6.61 Å². The summed E-state index contributed by atoms with van der Waals surface area (Å²) in [6, 6.07) is 13.3. The first-order chi connectivity index (χ1) is 11.6. The molecule has 24 heavy (non-hydrogen) atoms. The predicted molar refractivity (Wildman–Crippen MR) is 99.7 cm³/mol. The Kier molecular flexibility index (Phi) is 5.27. The second-order valence-electron chi connectivity index (χ2n) is 5.24. The number of anilines is 1. The molecular formula is C18H15BrN2O2S. The van der Waals surface area contributed by atoms with E-state index in [0.717, 1.165) is 21.3 Å². The van der Waals surface area contributed by atoms with Crippen LogP contribution in [0.25, 0.3) is 0 Å². The lowest BCUT2D eigenvalue weighted by molar-refractivity contribution is 0.103. The molecule has 1 amide bonds. The van der Waals surface area contributed by atoms with Crippen LogP contribution in [0.5, 0.6) is 5.75 Å². The second kappa shape index (κ2) is 7.59. The molecule has 1 aromatic carbocycles. The summed E-state index contributed by atoms with van der Waals surface area (Å²) >= 11 is 4.70. The molecule has 0 atom stereocenters. The van der Waals surface area contributed by atoms with E-state index in [1.807, 2.05) is 48.7 Å². The smallest absolute Gasteiger partial charge is 0.266 e. The molecule has 0 unspecified atom stereocenters. The fourth-order valence-electron chi connectivity index (χ4n) is 2.07. The van der Waals surface area contributed by atoms with Gasteiger partial charge >= 0.3 is 0 Å². The second-order valence-corrected chi connectivity index (χ2v) is 7.07. The van der Waals surface area contributed by atoms with Crippen molar-refractivity contribution in [2.75, 3.05) is 5.32 Å². The van der Waals surface area contributed by atoms with Crippen molar-refractivity contribution in [1.82, 2.24) is 4.98 Å². The average molecular weight is 403 g/mol. The van der Waals surface area contributed by atoms with Gasteiger partial charge in [0, 0.05) is 16.2 Å². The van der Waals surface area contributed by atoms with Gasteiger partial charge in [0.25, 0.3) is 5.91 Å². The molecule has 0 saturated heterocycles. The molecule has 3 rings (SSSR count). The summed E-state index contributed by atoms with van der Waals surface area (Å²) in [4.78, 5) is 17.0. The van der Waals surface area contributed by atoms with Gasteiger partial charge in [-0.25, -0.2) is 4.98 Å². The SMILES string of the molecule is Cc1cccc(OCc2csc(C(=O)Nc3ccc(Br)cn3)c2)c1. The number of benzene rings is 1. The van der Waals surface area contributed by atoms with E-state index in [0.29, 0.717) is 17.3 Å². The van der Waals surface area contributed by atoms with Gasteiger partial charge in [-0.1, -0.05) is 12.1 Å². The molecule has 0 aliphatic carbocycles. The van der Waals surface area contributed by atoms with Crippen molar-refractivity contribution in [2.24, 2.45) is 0 Å². The van der Waals surface area contributed by atoms with Crippen molar-refractivity contribution >= 4 is 39.0 Å². The fraction of sp³-hybridized carbons (Fsp3) is 0.111. The molecule has 122 valence electrons. The van der Waals surface area contributed by atoms with E-state index < -0.39 is 0 Å². The zero-order valence-corrected chi connectivity index (χ0v) is 15.4. The molecule has 0 fully saturated rings. The Labute approximate surface area is 152 Å². The maximum Gasteiger partial charge on any atom is 0.266 e. The lowest BCUT2D eigenvalue weighted by Crippen LogP contribution is -2.11. The number of carbonyl (C=O) groups is 1. The Balaban J connectivity index is 1.60. The van der Waals surface area contributed by atoms with Crippen molar-refractivity contribution in [3.63, 3.8) is 0 Å². The summed E-state index contributed by atoms with van der Waals surface area (Å²) in [5.41, 5.74) is 2.12. The topological polar surface area (TPSA) is 51.2 Å². The molecule has 0 aliphatic rings. The molecule has 4 nitrogen and oxygen atoms in total. The van der Waals surface area contributed by atoms with Crippen LogP contribution in [0.2, 0.25) is 0 Å². The van der Waals surface area contributed by atoms with Gasteiger partial charge in [-0.15, -0.1) is 11.3 Å². The summed E-state index contributed by atoms with van der Waals surface area (Å²) < 4.78 is 6.62. The molecule has 6 heteroatoms. The van der Waals surface area contributed by atoms with Crippen molar-refractivity contribution in [3.05, 3.63) is 74.5 Å². The summed E-state index contributed by atoms with van der Waals surface area (Å²) in [6.45, 7) is 2.46. The number of nitrogens with one attached hydrogen (secondary N) is 1. The summed E-state index contributed by atoms with van der Waals surface area (Å²) in [5.74, 6) is 1.18. The van der Waals surface area contributed by atoms with E-state index in [9.17, 15) is 4.79 Å². The normalized spacial score (nSPS) is 10.4. The van der Waals surface area contributed by atoms with Gasteiger partial charge < -0.3 is 10.1 Å². The maximum atomic E-state index is 12.2. The van der Waals surface area contributed by atoms with Crippen LogP contribution >= 0.6 is 27.3 Å². The molecule has 2 heterocycles. The maximum absolute atomic E-state index is 12.2. The monoisotopic (exact) mass is 402 g/mol. The number of rotatable bonds is 5. The minimum Gasteiger partial charge on any atom is -0.489 e. The van der Waals surface area contributed by atoms with Gasteiger partial charge in [0.05, 0.1) is 4.88 Å². The van der Waals surface area contributed by atoms with Crippen molar-refractivity contribution in [1.29, 1.82) is 0 Å². The highest BCUT2D eigenvalue weighted by Gasteiger charge is 2.10. The Morgan fingerprint density at radius 2 is 2.17 bits per heavy atom. The first-order valence-electron chi connectivity index (χ1n) is 7.30. The Bertz CT molecular complexity index is 846. The van der Waals surface area contributed by atoms with Gasteiger partial charge in [-0.2, -0.15) is 0 Å². The van der Waals surface area contributed by atoms with Crippen molar-refractivity contribution < 1.29 is 9.53 Å². The Morgan fingerprint density at radius 3 is 2.92 bits per heavy atom. The van der Waals surface area contributed by atoms with Crippen LogP contribution in [0, 0.1) is 6.92 Å². The average Bonchev–Trinajstić information content (AvgIpc) is 3.04. The number of aryl methyl sites for hydroxylation is 1. The third-order valence-electron chi connectivity index (χ3n) is 3.24. The zero-order valence-electron chi connectivity index (χ0n) is 13.0. The Hall–Kier alpha value is -2.18. The number of carbonyl (C=O) groups excluding carboxylic acids is 1. The zero-order chi connectivity index (χ0) is 16.9. The van der Waals surface area contributed by atoms with E-state index in [2.05, 4.69) is 26.2 Å². The number of ether oxygens (including phenoxy) is 1. The highest BCUT2D eigenvalue weighted by atomic mass is 79.9. The molecule has 0 saturated carbocycles. The lowest BCUT2D eigenvalue weighted by atomic mass is 10.2. The minimum atomic E-state index is -0.170. The number of halogens is 1. The molecule has 0 radical (unpaired) electrons. The highest BCUT2D eigenvalue weighted by molar-refractivity contribution is 9.10. The summed E-state index contributed by atoms with van der Waals surface area (Å²) in [5, 5.41) is 4.71. The van der Waals surface area contributed by atoms with Gasteiger partial charge in [-0.05, 0) is 64.1 Å². The lowest BCUT2D eigenvalue weighted by Gasteiger charge is -2.05. The first-order valence-corrected chi connectivity index (χ1v) is 8.97. The van der Waals surface area contributed by atoms with Crippen LogP contribution in [-0.4, -0.2) is 10.9 Å². The van der Waals surface area contributed by atoms with Gasteiger partial charge in [0.2, 0.25) is 0 Å². The van der Waals surface area contributed by atoms with Crippen LogP contribution in [0.3, 0.4) is 0 Å². The van der Waals surface area contributed by atoms with Gasteiger partial charge in [0.1, 0.15) is 18.2 Å². The highest BCUT2D eigenvalue weighted by Crippen LogP contribution is 2.20. The third kappa shape index (κ3) is 4.43. The fourth-order valence-corrected chi connectivity index (χ4v) is 3.10. The van der Waals surface area contributed by atoms with E-state index in [1.54, 1.807) is 12.3 Å². The number of thiophene rings is 1.